The van der Waals surface area contributed by atoms with Gasteiger partial charge in [0.1, 0.15) is 12.1 Å². The van der Waals surface area contributed by atoms with Crippen LogP contribution in [0.25, 0.3) is 0 Å². The molecule has 13 nitrogen and oxygen atoms in total. The molecular formula is C25H26N8O5S. The molecule has 0 saturated carbocycles. The van der Waals surface area contributed by atoms with Crippen LogP contribution in [0.15, 0.2) is 67.0 Å². The van der Waals surface area contributed by atoms with Crippen molar-refractivity contribution in [1.82, 2.24) is 40.0 Å². The molecule has 2 atom stereocenters. The van der Waals surface area contributed by atoms with Crippen LogP contribution >= 0.6 is 0 Å². The van der Waals surface area contributed by atoms with Gasteiger partial charge in [0.15, 0.2) is 0 Å². The number of carboxylic acid groups (broad SMARTS) is 1. The zero-order valence-electron chi connectivity index (χ0n) is 20.7. The first kappa shape index (κ1) is 26.2. The quantitative estimate of drug-likeness (QED) is 0.312. The van der Waals surface area contributed by atoms with Crippen molar-refractivity contribution < 1.29 is 23.1 Å². The van der Waals surface area contributed by atoms with E-state index in [1.165, 1.54) is 0 Å². The Kier molecular flexibility index (Phi) is 7.47. The molecule has 0 radical (unpaired) electrons. The first-order chi connectivity index (χ1) is 18.7. The SMILES string of the molecule is O=C(O)[C@@H]1Cc2cn(nn2)Cc2cccc(c2)Cn2cc(nn2)C[C@@H](NS(=O)(=O)Cc2ccccc2)C(=O)N1. The molecule has 39 heavy (non-hydrogen) atoms. The summed E-state index contributed by atoms with van der Waals surface area (Å²) in [5.41, 5.74) is 3.19. The maximum absolute atomic E-state index is 13.3. The van der Waals surface area contributed by atoms with Crippen molar-refractivity contribution in [1.29, 1.82) is 0 Å². The fourth-order valence-electron chi connectivity index (χ4n) is 4.35. The number of carbonyl (C=O) groups excluding carboxylic acids is 1. The number of carboxylic acids is 1. The van der Waals surface area contributed by atoms with Gasteiger partial charge in [-0.05, 0) is 16.7 Å². The van der Waals surface area contributed by atoms with Gasteiger partial charge in [-0.1, -0.05) is 65.0 Å². The van der Waals surface area contributed by atoms with E-state index in [1.807, 2.05) is 24.3 Å². The van der Waals surface area contributed by atoms with Crippen LogP contribution in [0.3, 0.4) is 0 Å². The molecule has 0 unspecified atom stereocenters. The van der Waals surface area contributed by atoms with Crippen molar-refractivity contribution in [2.24, 2.45) is 0 Å². The minimum atomic E-state index is -3.98. The topological polar surface area (TPSA) is 174 Å². The molecule has 2 aromatic carbocycles. The average Bonchev–Trinajstić information content (AvgIpc) is 3.52. The molecule has 4 aromatic rings. The van der Waals surface area contributed by atoms with Gasteiger partial charge in [-0.3, -0.25) is 4.79 Å². The van der Waals surface area contributed by atoms with E-state index in [0.717, 1.165) is 11.1 Å². The third-order valence-electron chi connectivity index (χ3n) is 6.13. The lowest BCUT2D eigenvalue weighted by Gasteiger charge is -2.20. The zero-order chi connectivity index (χ0) is 27.4. The number of sulfonamides is 1. The fourth-order valence-corrected chi connectivity index (χ4v) is 5.69. The van der Waals surface area contributed by atoms with Gasteiger partial charge in [0.05, 0.1) is 30.2 Å². The fraction of sp³-hybridized carbons (Fsp3) is 0.280. The summed E-state index contributed by atoms with van der Waals surface area (Å²) < 4.78 is 31.6. The number of fused-ring (bicyclic) bond motifs is 6. The highest BCUT2D eigenvalue weighted by molar-refractivity contribution is 7.88. The molecule has 202 valence electrons. The molecule has 0 fully saturated rings. The summed E-state index contributed by atoms with van der Waals surface area (Å²) in [5.74, 6) is -2.45. The van der Waals surface area contributed by atoms with E-state index in [0.29, 0.717) is 30.0 Å². The zero-order valence-corrected chi connectivity index (χ0v) is 21.5. The number of nitrogens with zero attached hydrogens (tertiary/aromatic N) is 6. The van der Waals surface area contributed by atoms with E-state index in [1.54, 1.807) is 52.1 Å². The maximum Gasteiger partial charge on any atom is 0.326 e. The van der Waals surface area contributed by atoms with Crippen LogP contribution in [0, 0.1) is 0 Å². The van der Waals surface area contributed by atoms with Gasteiger partial charge in [0, 0.05) is 25.2 Å². The molecule has 1 aliphatic heterocycles. The molecule has 3 N–H and O–H groups in total. The molecule has 0 spiro atoms. The largest absolute Gasteiger partial charge is 0.480 e. The molecule has 1 amide bonds. The van der Waals surface area contributed by atoms with E-state index in [-0.39, 0.29) is 18.6 Å². The lowest BCUT2D eigenvalue weighted by molar-refractivity contribution is -0.142. The Bertz CT molecular complexity index is 1580. The van der Waals surface area contributed by atoms with Gasteiger partial charge in [-0.15, -0.1) is 10.2 Å². The summed E-state index contributed by atoms with van der Waals surface area (Å²) in [4.78, 5) is 25.3. The monoisotopic (exact) mass is 550 g/mol. The number of hydrogen-bond donors (Lipinski definition) is 3. The Hall–Kier alpha value is -4.43. The smallest absolute Gasteiger partial charge is 0.326 e. The highest BCUT2D eigenvalue weighted by atomic mass is 32.2. The van der Waals surface area contributed by atoms with Crippen molar-refractivity contribution in [3.05, 3.63) is 95.1 Å². The lowest BCUT2D eigenvalue weighted by Crippen LogP contribution is -2.53. The van der Waals surface area contributed by atoms with E-state index in [4.69, 9.17) is 0 Å². The minimum absolute atomic E-state index is 0.136. The van der Waals surface area contributed by atoms with Crippen molar-refractivity contribution >= 4 is 21.9 Å². The van der Waals surface area contributed by atoms with Crippen LogP contribution in [0.2, 0.25) is 0 Å². The first-order valence-electron chi connectivity index (χ1n) is 12.2. The molecular weight excluding hydrogens is 524 g/mol. The summed E-state index contributed by atoms with van der Waals surface area (Å²) in [6.45, 7) is 0.819. The van der Waals surface area contributed by atoms with Crippen LogP contribution < -0.4 is 10.0 Å². The standard InChI is InChI=1S/C25H26N8O5S/c34-24-22(29-39(37,38)16-17-5-2-1-3-6-17)10-20-14-32(30-27-20)12-18-7-4-8-19(9-18)13-33-15-21(28-31-33)11-23(26-24)25(35)36/h1-9,14-15,22-23,29H,10-13,16H2,(H,26,34)(H,35,36)/t22-,23+/m1/s1. The van der Waals surface area contributed by atoms with Crippen molar-refractivity contribution in [2.75, 3.05) is 0 Å². The van der Waals surface area contributed by atoms with Crippen LogP contribution in [0.1, 0.15) is 28.1 Å². The van der Waals surface area contributed by atoms with Gasteiger partial charge < -0.3 is 10.4 Å². The number of aliphatic carboxylic acids is 1. The second-order valence-electron chi connectivity index (χ2n) is 9.36. The van der Waals surface area contributed by atoms with Gasteiger partial charge >= 0.3 is 5.97 Å². The number of nitrogens with one attached hydrogen (secondary N) is 2. The van der Waals surface area contributed by atoms with Gasteiger partial charge in [0.25, 0.3) is 0 Å². The number of carbonyl (C=O) groups is 2. The van der Waals surface area contributed by atoms with Crippen LogP contribution in [-0.2, 0) is 51.3 Å². The van der Waals surface area contributed by atoms with Crippen LogP contribution in [0.5, 0.6) is 0 Å². The number of benzene rings is 2. The molecule has 1 aliphatic rings. The van der Waals surface area contributed by atoms with Crippen LogP contribution in [-0.4, -0.2) is 67.5 Å². The predicted molar refractivity (Wildman–Crippen MR) is 138 cm³/mol. The summed E-state index contributed by atoms with van der Waals surface area (Å²) in [6, 6.07) is 13.6. The number of aromatic nitrogens is 6. The Labute approximate surface area is 223 Å². The van der Waals surface area contributed by atoms with Crippen molar-refractivity contribution in [2.45, 2.75) is 43.8 Å². The summed E-state index contributed by atoms with van der Waals surface area (Å²) in [6.07, 6.45) is 2.98. The third-order valence-corrected chi connectivity index (χ3v) is 7.49. The second kappa shape index (κ2) is 11.1. The van der Waals surface area contributed by atoms with Gasteiger partial charge in [-0.2, -0.15) is 0 Å². The molecule has 0 saturated heterocycles. The molecule has 14 heteroatoms. The Morgan fingerprint density at radius 3 is 2.18 bits per heavy atom. The van der Waals surface area contributed by atoms with E-state index >= 15 is 0 Å². The van der Waals surface area contributed by atoms with E-state index in [9.17, 15) is 23.1 Å². The van der Waals surface area contributed by atoms with E-state index < -0.39 is 34.0 Å². The Morgan fingerprint density at radius 2 is 1.56 bits per heavy atom. The third kappa shape index (κ3) is 6.91. The minimum Gasteiger partial charge on any atom is -0.480 e. The lowest BCUT2D eigenvalue weighted by atomic mass is 10.1. The molecule has 6 bridgehead atoms. The highest BCUT2D eigenvalue weighted by Gasteiger charge is 2.30. The average molecular weight is 551 g/mol. The van der Waals surface area contributed by atoms with Crippen molar-refractivity contribution in [3.8, 4) is 0 Å². The Morgan fingerprint density at radius 1 is 0.949 bits per heavy atom. The summed E-state index contributed by atoms with van der Waals surface area (Å²) in [7, 11) is -3.98. The highest BCUT2D eigenvalue weighted by Crippen LogP contribution is 2.12. The normalized spacial score (nSPS) is 18.2. The van der Waals surface area contributed by atoms with Gasteiger partial charge in [-0.25, -0.2) is 27.3 Å². The molecule has 3 heterocycles. The van der Waals surface area contributed by atoms with Crippen molar-refractivity contribution in [3.63, 3.8) is 0 Å². The second-order valence-corrected chi connectivity index (χ2v) is 11.1. The molecule has 5 rings (SSSR count). The number of hydrogen-bond acceptors (Lipinski definition) is 8. The molecule has 0 aliphatic carbocycles. The maximum atomic E-state index is 13.3. The first-order valence-corrected chi connectivity index (χ1v) is 13.8. The van der Waals surface area contributed by atoms with Crippen LogP contribution in [0.4, 0.5) is 0 Å². The Balaban J connectivity index is 1.47. The summed E-state index contributed by atoms with van der Waals surface area (Å²) >= 11 is 0. The van der Waals surface area contributed by atoms with E-state index in [2.05, 4.69) is 30.7 Å². The van der Waals surface area contributed by atoms with Gasteiger partial charge in [0.2, 0.25) is 15.9 Å². The molecule has 2 aromatic heterocycles. The number of rotatable bonds is 5. The number of amides is 1. The predicted octanol–water partition coefficient (Wildman–Crippen LogP) is 0.122. The summed E-state index contributed by atoms with van der Waals surface area (Å²) in [5, 5.41) is 28.6.